The summed E-state index contributed by atoms with van der Waals surface area (Å²) < 4.78 is 26.0. The first-order valence-corrected chi connectivity index (χ1v) is 3.68. The van der Waals surface area contributed by atoms with Gasteiger partial charge in [-0.25, -0.2) is 18.4 Å². The van der Waals surface area contributed by atoms with Gasteiger partial charge < -0.3 is 0 Å². The summed E-state index contributed by atoms with van der Waals surface area (Å²) in [7, 11) is 0. The van der Waals surface area contributed by atoms with Gasteiger partial charge in [0, 0.05) is 13.0 Å². The van der Waals surface area contributed by atoms with Gasteiger partial charge in [0.1, 0.15) is 12.4 Å². The molecular weight excluding hydrogens is 178 g/mol. The number of nitriles is 1. The van der Waals surface area contributed by atoms with Crippen molar-refractivity contribution >= 4 is 0 Å². The standard InChI is InChI=1S/C7H8F2N4/c1-7(8,9)2-3-13-6(4-10)11-5-12-13/h5H,2-3H2,1H3. The van der Waals surface area contributed by atoms with E-state index < -0.39 is 5.92 Å². The van der Waals surface area contributed by atoms with Crippen LogP contribution in [0.2, 0.25) is 0 Å². The topological polar surface area (TPSA) is 54.5 Å². The van der Waals surface area contributed by atoms with Crippen LogP contribution in [0.1, 0.15) is 19.2 Å². The predicted molar refractivity (Wildman–Crippen MR) is 40.0 cm³/mol. The third-order valence-corrected chi connectivity index (χ3v) is 1.48. The van der Waals surface area contributed by atoms with Crippen molar-refractivity contribution in [2.75, 3.05) is 0 Å². The van der Waals surface area contributed by atoms with Gasteiger partial charge in [0.2, 0.25) is 11.7 Å². The maximum Gasteiger partial charge on any atom is 0.247 e. The number of hydrogen-bond donors (Lipinski definition) is 0. The normalized spacial score (nSPS) is 11.2. The van der Waals surface area contributed by atoms with E-state index in [0.717, 1.165) is 11.6 Å². The molecule has 0 bridgehead atoms. The highest BCUT2D eigenvalue weighted by molar-refractivity contribution is 5.07. The monoisotopic (exact) mass is 186 g/mol. The molecule has 1 aromatic heterocycles. The predicted octanol–water partition coefficient (Wildman–Crippen LogP) is 1.20. The second-order valence-corrected chi connectivity index (χ2v) is 2.74. The van der Waals surface area contributed by atoms with Gasteiger partial charge in [-0.3, -0.25) is 0 Å². The van der Waals surface area contributed by atoms with Crippen molar-refractivity contribution < 1.29 is 8.78 Å². The number of rotatable bonds is 3. The lowest BCUT2D eigenvalue weighted by atomic mass is 10.3. The van der Waals surface area contributed by atoms with Crippen LogP contribution in [0.25, 0.3) is 0 Å². The van der Waals surface area contributed by atoms with Gasteiger partial charge in [0.15, 0.2) is 0 Å². The third kappa shape index (κ3) is 2.78. The van der Waals surface area contributed by atoms with Gasteiger partial charge in [-0.1, -0.05) is 0 Å². The van der Waals surface area contributed by atoms with Crippen LogP contribution in [0.15, 0.2) is 6.33 Å². The molecule has 0 aliphatic rings. The quantitative estimate of drug-likeness (QED) is 0.712. The first kappa shape index (κ1) is 9.58. The largest absolute Gasteiger partial charge is 0.247 e. The molecule has 0 saturated carbocycles. The Kier molecular flexibility index (Phi) is 2.56. The van der Waals surface area contributed by atoms with Gasteiger partial charge in [0.25, 0.3) is 0 Å². The molecule has 1 rings (SSSR count). The number of alkyl halides is 2. The summed E-state index contributed by atoms with van der Waals surface area (Å²) in [6.07, 6.45) is 0.831. The second-order valence-electron chi connectivity index (χ2n) is 2.74. The van der Waals surface area contributed by atoms with Crippen LogP contribution in [0.4, 0.5) is 8.78 Å². The molecule has 6 heteroatoms. The van der Waals surface area contributed by atoms with Crippen LogP contribution >= 0.6 is 0 Å². The molecule has 70 valence electrons. The van der Waals surface area contributed by atoms with Crippen LogP contribution < -0.4 is 0 Å². The molecule has 0 amide bonds. The summed E-state index contributed by atoms with van der Waals surface area (Å²) in [4.78, 5) is 3.58. The molecule has 0 saturated heterocycles. The molecule has 4 nitrogen and oxygen atoms in total. The minimum Gasteiger partial charge on any atom is -0.237 e. The SMILES string of the molecule is CC(F)(F)CCn1ncnc1C#N. The zero-order valence-corrected chi connectivity index (χ0v) is 7.04. The molecule has 0 radical (unpaired) electrons. The molecule has 0 spiro atoms. The van der Waals surface area contributed by atoms with Crippen LogP contribution in [0, 0.1) is 11.3 Å². The maximum absolute atomic E-state index is 12.4. The first-order valence-electron chi connectivity index (χ1n) is 3.68. The Morgan fingerprint density at radius 2 is 2.38 bits per heavy atom. The lowest BCUT2D eigenvalue weighted by Gasteiger charge is -2.09. The summed E-state index contributed by atoms with van der Waals surface area (Å²) >= 11 is 0. The van der Waals surface area contributed by atoms with E-state index >= 15 is 0 Å². The average Bonchev–Trinajstić information content (AvgIpc) is 2.46. The average molecular weight is 186 g/mol. The number of nitrogens with zero attached hydrogens (tertiary/aromatic N) is 4. The van der Waals surface area contributed by atoms with Crippen molar-refractivity contribution in [2.24, 2.45) is 0 Å². The number of aromatic nitrogens is 3. The zero-order chi connectivity index (χ0) is 9.90. The summed E-state index contributed by atoms with van der Waals surface area (Å²) in [5.74, 6) is -2.68. The highest BCUT2D eigenvalue weighted by Crippen LogP contribution is 2.17. The fourth-order valence-electron chi connectivity index (χ4n) is 0.817. The Morgan fingerprint density at radius 1 is 1.69 bits per heavy atom. The number of halogens is 2. The lowest BCUT2D eigenvalue weighted by molar-refractivity contribution is 0.00771. The second kappa shape index (κ2) is 3.47. The molecule has 13 heavy (non-hydrogen) atoms. The van der Waals surface area contributed by atoms with E-state index in [1.165, 1.54) is 6.33 Å². The van der Waals surface area contributed by atoms with Crippen LogP contribution in [0.3, 0.4) is 0 Å². The van der Waals surface area contributed by atoms with E-state index in [2.05, 4.69) is 10.1 Å². The van der Waals surface area contributed by atoms with Crippen LogP contribution in [-0.4, -0.2) is 20.7 Å². The highest BCUT2D eigenvalue weighted by atomic mass is 19.3. The van der Waals surface area contributed by atoms with E-state index in [-0.39, 0.29) is 18.8 Å². The molecule has 1 aromatic rings. The van der Waals surface area contributed by atoms with Gasteiger partial charge in [-0.15, -0.1) is 0 Å². The number of hydrogen-bond acceptors (Lipinski definition) is 3. The minimum atomic E-state index is -2.74. The molecule has 0 aliphatic carbocycles. The van der Waals surface area contributed by atoms with Gasteiger partial charge in [-0.05, 0) is 6.92 Å². The van der Waals surface area contributed by atoms with E-state index in [9.17, 15) is 8.78 Å². The molecule has 0 aromatic carbocycles. The Balaban J connectivity index is 2.61. The Hall–Kier alpha value is -1.51. The Morgan fingerprint density at radius 3 is 2.92 bits per heavy atom. The van der Waals surface area contributed by atoms with Crippen molar-refractivity contribution in [3.63, 3.8) is 0 Å². The fourth-order valence-corrected chi connectivity index (χ4v) is 0.817. The summed E-state index contributed by atoms with van der Waals surface area (Å²) in [5.41, 5.74) is 0. The smallest absolute Gasteiger partial charge is 0.237 e. The zero-order valence-electron chi connectivity index (χ0n) is 7.04. The van der Waals surface area contributed by atoms with Gasteiger partial charge >= 0.3 is 0 Å². The maximum atomic E-state index is 12.4. The molecule has 0 aliphatic heterocycles. The molecule has 0 atom stereocenters. The Bertz CT molecular complexity index is 320. The summed E-state index contributed by atoms with van der Waals surface area (Å²) in [5, 5.41) is 12.1. The summed E-state index contributed by atoms with van der Waals surface area (Å²) in [6.45, 7) is 0.836. The molecule has 0 N–H and O–H groups in total. The summed E-state index contributed by atoms with van der Waals surface area (Å²) in [6, 6.07) is 1.76. The third-order valence-electron chi connectivity index (χ3n) is 1.48. The Labute approximate surface area is 73.8 Å². The molecule has 1 heterocycles. The van der Waals surface area contributed by atoms with Crippen LogP contribution in [-0.2, 0) is 6.54 Å². The molecular formula is C7H8F2N4. The molecule has 0 unspecified atom stereocenters. The van der Waals surface area contributed by atoms with E-state index in [4.69, 9.17) is 5.26 Å². The number of aryl methyl sites for hydroxylation is 1. The van der Waals surface area contributed by atoms with Crippen molar-refractivity contribution in [2.45, 2.75) is 25.8 Å². The lowest BCUT2D eigenvalue weighted by Crippen LogP contribution is -2.15. The fraction of sp³-hybridized carbons (Fsp3) is 0.571. The van der Waals surface area contributed by atoms with Crippen molar-refractivity contribution in [1.29, 1.82) is 5.26 Å². The van der Waals surface area contributed by atoms with Crippen molar-refractivity contribution in [3.05, 3.63) is 12.2 Å². The highest BCUT2D eigenvalue weighted by Gasteiger charge is 2.21. The van der Waals surface area contributed by atoms with Gasteiger partial charge in [0.05, 0.1) is 0 Å². The van der Waals surface area contributed by atoms with Crippen molar-refractivity contribution in [1.82, 2.24) is 14.8 Å². The van der Waals surface area contributed by atoms with Crippen molar-refractivity contribution in [3.8, 4) is 6.07 Å². The van der Waals surface area contributed by atoms with E-state index in [0.29, 0.717) is 0 Å². The van der Waals surface area contributed by atoms with E-state index in [1.54, 1.807) is 6.07 Å². The van der Waals surface area contributed by atoms with Crippen LogP contribution in [0.5, 0.6) is 0 Å². The van der Waals surface area contributed by atoms with Gasteiger partial charge in [-0.2, -0.15) is 10.4 Å². The first-order chi connectivity index (χ1) is 6.03. The van der Waals surface area contributed by atoms with E-state index in [1.807, 2.05) is 0 Å². The molecule has 0 fully saturated rings. The minimum absolute atomic E-state index is 0.00634.